The molecule has 1 fully saturated rings. The predicted molar refractivity (Wildman–Crippen MR) is 75.2 cm³/mol. The van der Waals surface area contributed by atoms with Gasteiger partial charge in [-0.3, -0.25) is 4.21 Å². The zero-order valence-electron chi connectivity index (χ0n) is 11.3. The molecule has 0 aromatic carbocycles. The van der Waals surface area contributed by atoms with Gasteiger partial charge in [-0.1, -0.05) is 13.8 Å². The fourth-order valence-electron chi connectivity index (χ4n) is 2.58. The van der Waals surface area contributed by atoms with Gasteiger partial charge in [0.2, 0.25) is 0 Å². The minimum absolute atomic E-state index is 0.218. The predicted octanol–water partition coefficient (Wildman–Crippen LogP) is 1.29. The highest BCUT2D eigenvalue weighted by Gasteiger charge is 2.31. The first-order chi connectivity index (χ1) is 8.65. The summed E-state index contributed by atoms with van der Waals surface area (Å²) in [4.78, 5) is 4.29. The van der Waals surface area contributed by atoms with Gasteiger partial charge in [-0.15, -0.1) is 0 Å². The Balaban J connectivity index is 2.09. The van der Waals surface area contributed by atoms with Crippen LogP contribution in [0.2, 0.25) is 0 Å². The lowest BCUT2D eigenvalue weighted by Gasteiger charge is -2.34. The van der Waals surface area contributed by atoms with Crippen LogP contribution in [0.25, 0.3) is 0 Å². The smallest absolute Gasteiger partial charge is 0.0948 e. The summed E-state index contributed by atoms with van der Waals surface area (Å²) in [5.74, 6) is 1.47. The summed E-state index contributed by atoms with van der Waals surface area (Å²) < 4.78 is 13.7. The minimum Gasteiger partial charge on any atom is -0.333 e. The molecule has 1 aromatic heterocycles. The standard InChI is InChI=1S/C13H23N3OS/c1-3-18(17)9-8-16-11-15-10-12(16)13(2)4-6-14-7-5-13/h10-11,14H,3-9H2,1-2H3. The number of hydrogen-bond donors (Lipinski definition) is 1. The molecule has 2 heterocycles. The fourth-order valence-corrected chi connectivity index (χ4v) is 3.27. The van der Waals surface area contributed by atoms with Crippen LogP contribution in [0.15, 0.2) is 12.5 Å². The van der Waals surface area contributed by atoms with E-state index >= 15 is 0 Å². The topological polar surface area (TPSA) is 46.9 Å². The van der Waals surface area contributed by atoms with Crippen molar-refractivity contribution in [2.24, 2.45) is 0 Å². The van der Waals surface area contributed by atoms with E-state index in [2.05, 4.69) is 21.8 Å². The van der Waals surface area contributed by atoms with Crippen LogP contribution in [0, 0.1) is 0 Å². The second-order valence-corrected chi connectivity index (χ2v) is 7.08. The van der Waals surface area contributed by atoms with Crippen molar-refractivity contribution >= 4 is 10.8 Å². The summed E-state index contributed by atoms with van der Waals surface area (Å²) in [6, 6.07) is 0. The molecule has 0 bridgehead atoms. The van der Waals surface area contributed by atoms with Crippen molar-refractivity contribution in [1.82, 2.24) is 14.9 Å². The van der Waals surface area contributed by atoms with Gasteiger partial charge in [-0.05, 0) is 25.9 Å². The minimum atomic E-state index is -0.699. The van der Waals surface area contributed by atoms with Crippen LogP contribution in [0.1, 0.15) is 32.4 Å². The van der Waals surface area contributed by atoms with Crippen molar-refractivity contribution in [2.75, 3.05) is 24.6 Å². The molecule has 0 aliphatic carbocycles. The Bertz CT molecular complexity index is 410. The molecule has 0 amide bonds. The molecule has 0 spiro atoms. The average molecular weight is 269 g/mol. The molecular weight excluding hydrogens is 246 g/mol. The summed E-state index contributed by atoms with van der Waals surface area (Å²) in [6.07, 6.45) is 6.17. The van der Waals surface area contributed by atoms with E-state index in [1.807, 2.05) is 19.4 Å². The van der Waals surface area contributed by atoms with Crippen molar-refractivity contribution in [3.05, 3.63) is 18.2 Å². The summed E-state index contributed by atoms with van der Waals surface area (Å²) in [5.41, 5.74) is 1.52. The highest BCUT2D eigenvalue weighted by atomic mass is 32.2. The third-order valence-electron chi connectivity index (χ3n) is 3.92. The molecule has 1 unspecified atom stereocenters. The van der Waals surface area contributed by atoms with Crippen LogP contribution in [0.5, 0.6) is 0 Å². The summed E-state index contributed by atoms with van der Waals surface area (Å²) in [6.45, 7) is 7.25. The lowest BCUT2D eigenvalue weighted by atomic mass is 9.78. The molecule has 1 aromatic rings. The fraction of sp³-hybridized carbons (Fsp3) is 0.769. The molecule has 5 heteroatoms. The SMILES string of the molecule is CCS(=O)CCn1cncc1C1(C)CCNCC1. The van der Waals surface area contributed by atoms with Crippen molar-refractivity contribution in [3.8, 4) is 0 Å². The Hall–Kier alpha value is -0.680. The number of aromatic nitrogens is 2. The van der Waals surface area contributed by atoms with Crippen LogP contribution in [-0.4, -0.2) is 38.4 Å². The molecule has 1 N–H and O–H groups in total. The number of rotatable bonds is 5. The quantitative estimate of drug-likeness (QED) is 0.876. The largest absolute Gasteiger partial charge is 0.333 e. The number of nitrogens with zero attached hydrogens (tertiary/aromatic N) is 2. The normalized spacial score (nSPS) is 20.8. The average Bonchev–Trinajstić information content (AvgIpc) is 2.86. The first-order valence-corrected chi connectivity index (χ1v) is 8.21. The zero-order chi connectivity index (χ0) is 13.0. The van der Waals surface area contributed by atoms with E-state index in [1.54, 1.807) is 0 Å². The number of hydrogen-bond acceptors (Lipinski definition) is 3. The maximum atomic E-state index is 11.5. The van der Waals surface area contributed by atoms with Gasteiger partial charge in [0.15, 0.2) is 0 Å². The molecule has 1 saturated heterocycles. The Labute approximate surface area is 112 Å². The van der Waals surface area contributed by atoms with Gasteiger partial charge in [0.25, 0.3) is 0 Å². The van der Waals surface area contributed by atoms with E-state index < -0.39 is 10.8 Å². The first kappa shape index (κ1) is 13.7. The highest BCUT2D eigenvalue weighted by Crippen LogP contribution is 2.32. The summed E-state index contributed by atoms with van der Waals surface area (Å²) >= 11 is 0. The molecule has 18 heavy (non-hydrogen) atoms. The second kappa shape index (κ2) is 5.97. The van der Waals surface area contributed by atoms with Crippen LogP contribution >= 0.6 is 0 Å². The summed E-state index contributed by atoms with van der Waals surface area (Å²) in [5, 5.41) is 3.40. The van der Waals surface area contributed by atoms with Gasteiger partial charge < -0.3 is 9.88 Å². The molecule has 0 saturated carbocycles. The van der Waals surface area contributed by atoms with Crippen molar-refractivity contribution in [2.45, 2.75) is 38.6 Å². The monoisotopic (exact) mass is 269 g/mol. The molecule has 4 nitrogen and oxygen atoms in total. The van der Waals surface area contributed by atoms with Crippen molar-refractivity contribution < 1.29 is 4.21 Å². The van der Waals surface area contributed by atoms with Gasteiger partial charge in [-0.2, -0.15) is 0 Å². The van der Waals surface area contributed by atoms with E-state index in [0.717, 1.165) is 44.0 Å². The molecule has 0 radical (unpaired) electrons. The van der Waals surface area contributed by atoms with Crippen molar-refractivity contribution in [1.29, 1.82) is 0 Å². The Kier molecular flexibility index (Phi) is 4.56. The van der Waals surface area contributed by atoms with Crippen LogP contribution < -0.4 is 5.32 Å². The number of piperidine rings is 1. The Morgan fingerprint density at radius 3 is 2.89 bits per heavy atom. The highest BCUT2D eigenvalue weighted by molar-refractivity contribution is 7.84. The number of aryl methyl sites for hydroxylation is 1. The van der Waals surface area contributed by atoms with Gasteiger partial charge in [-0.25, -0.2) is 4.98 Å². The third-order valence-corrected chi connectivity index (χ3v) is 5.20. The third kappa shape index (κ3) is 3.01. The van der Waals surface area contributed by atoms with Crippen molar-refractivity contribution in [3.63, 3.8) is 0 Å². The second-order valence-electron chi connectivity index (χ2n) is 5.22. The molecule has 2 rings (SSSR count). The van der Waals surface area contributed by atoms with E-state index in [1.165, 1.54) is 5.69 Å². The Morgan fingerprint density at radius 2 is 2.22 bits per heavy atom. The van der Waals surface area contributed by atoms with E-state index in [0.29, 0.717) is 0 Å². The summed E-state index contributed by atoms with van der Waals surface area (Å²) in [7, 11) is -0.699. The Morgan fingerprint density at radius 1 is 1.50 bits per heavy atom. The van der Waals surface area contributed by atoms with E-state index in [4.69, 9.17) is 0 Å². The van der Waals surface area contributed by atoms with Crippen LogP contribution in [0.3, 0.4) is 0 Å². The maximum absolute atomic E-state index is 11.5. The molecule has 1 aliphatic rings. The zero-order valence-corrected chi connectivity index (χ0v) is 12.1. The van der Waals surface area contributed by atoms with Gasteiger partial charge >= 0.3 is 0 Å². The van der Waals surface area contributed by atoms with Crippen LogP contribution in [-0.2, 0) is 22.8 Å². The van der Waals surface area contributed by atoms with Crippen LogP contribution in [0.4, 0.5) is 0 Å². The lowest BCUT2D eigenvalue weighted by Crippen LogP contribution is -2.39. The van der Waals surface area contributed by atoms with Gasteiger partial charge in [0.05, 0.1) is 6.33 Å². The molecule has 1 atom stereocenters. The number of nitrogens with one attached hydrogen (secondary N) is 1. The molecular formula is C13H23N3OS. The number of imidazole rings is 1. The maximum Gasteiger partial charge on any atom is 0.0948 e. The van der Waals surface area contributed by atoms with E-state index in [-0.39, 0.29) is 5.41 Å². The van der Waals surface area contributed by atoms with Gasteiger partial charge in [0.1, 0.15) is 0 Å². The lowest BCUT2D eigenvalue weighted by molar-refractivity contribution is 0.318. The first-order valence-electron chi connectivity index (χ1n) is 6.72. The molecule has 102 valence electrons. The molecule has 1 aliphatic heterocycles. The van der Waals surface area contributed by atoms with Gasteiger partial charge in [0, 0.05) is 46.2 Å². The van der Waals surface area contributed by atoms with E-state index in [9.17, 15) is 4.21 Å².